The van der Waals surface area contributed by atoms with Gasteiger partial charge in [-0.25, -0.2) is 8.42 Å². The van der Waals surface area contributed by atoms with E-state index in [1.807, 2.05) is 6.07 Å². The van der Waals surface area contributed by atoms with E-state index in [0.717, 1.165) is 0 Å². The second-order valence-electron chi connectivity index (χ2n) is 7.47. The van der Waals surface area contributed by atoms with Crippen molar-refractivity contribution < 1.29 is 13.2 Å². The highest BCUT2D eigenvalue weighted by Gasteiger charge is 2.41. The van der Waals surface area contributed by atoms with Crippen LogP contribution in [0, 0.1) is 6.92 Å². The van der Waals surface area contributed by atoms with E-state index >= 15 is 0 Å². The first kappa shape index (κ1) is 23.1. The molecule has 0 spiro atoms. The van der Waals surface area contributed by atoms with Gasteiger partial charge in [0.05, 0.1) is 12.2 Å². The van der Waals surface area contributed by atoms with Gasteiger partial charge in [-0.15, -0.1) is 6.58 Å². The lowest BCUT2D eigenvalue weighted by atomic mass is 9.95. The number of sulfonamides is 1. The van der Waals surface area contributed by atoms with Crippen molar-refractivity contribution in [2.24, 2.45) is 0 Å². The van der Waals surface area contributed by atoms with E-state index in [0.29, 0.717) is 38.1 Å². The Bertz CT molecular complexity index is 1400. The standard InChI is InChI=1S/C25H20Cl2N2O3S/c1-3-13-29-22-12-10-19(27)15-20(22)23(17-7-5-4-6-8-17)24(33(29,31)32)25(30)28-21-11-9-18(26)14-16(21)2/h3-12,14-15H,1,13H2,2H3,(H,28,30). The first-order valence-electron chi connectivity index (χ1n) is 10.0. The van der Waals surface area contributed by atoms with E-state index in [1.54, 1.807) is 67.6 Å². The number of carbonyl (C=O) groups excluding carboxylic acids is 1. The molecule has 0 fully saturated rings. The number of anilines is 2. The van der Waals surface area contributed by atoms with Crippen molar-refractivity contribution in [2.45, 2.75) is 6.92 Å². The molecular formula is C25H20Cl2N2O3S. The molecule has 168 valence electrons. The van der Waals surface area contributed by atoms with Crippen molar-refractivity contribution in [3.8, 4) is 0 Å². The van der Waals surface area contributed by atoms with Crippen LogP contribution in [0.15, 0.2) is 84.3 Å². The second kappa shape index (κ2) is 9.06. The zero-order chi connectivity index (χ0) is 23.8. The van der Waals surface area contributed by atoms with E-state index in [4.69, 9.17) is 23.2 Å². The maximum absolute atomic E-state index is 13.8. The van der Waals surface area contributed by atoms with Crippen LogP contribution in [0.25, 0.3) is 5.57 Å². The van der Waals surface area contributed by atoms with Gasteiger partial charge in [-0.1, -0.05) is 59.6 Å². The van der Waals surface area contributed by atoms with Gasteiger partial charge >= 0.3 is 0 Å². The number of hydrogen-bond acceptors (Lipinski definition) is 3. The molecule has 0 saturated carbocycles. The van der Waals surface area contributed by atoms with Gasteiger partial charge < -0.3 is 5.32 Å². The van der Waals surface area contributed by atoms with Gasteiger partial charge in [-0.2, -0.15) is 0 Å². The molecule has 0 atom stereocenters. The molecular weight excluding hydrogens is 479 g/mol. The van der Waals surface area contributed by atoms with Crippen LogP contribution in [0.4, 0.5) is 11.4 Å². The fourth-order valence-electron chi connectivity index (χ4n) is 3.80. The van der Waals surface area contributed by atoms with Crippen molar-refractivity contribution in [1.29, 1.82) is 0 Å². The molecule has 3 aromatic carbocycles. The molecule has 0 saturated heterocycles. The minimum Gasteiger partial charge on any atom is -0.321 e. The van der Waals surface area contributed by atoms with Gasteiger partial charge in [0.1, 0.15) is 0 Å². The van der Waals surface area contributed by atoms with E-state index in [-0.39, 0.29) is 17.0 Å². The Morgan fingerprint density at radius 1 is 1.03 bits per heavy atom. The Morgan fingerprint density at radius 3 is 2.36 bits per heavy atom. The summed E-state index contributed by atoms with van der Waals surface area (Å²) in [7, 11) is -4.23. The van der Waals surface area contributed by atoms with Crippen molar-refractivity contribution in [3.05, 3.63) is 111 Å². The van der Waals surface area contributed by atoms with E-state index in [1.165, 1.54) is 10.4 Å². The summed E-state index contributed by atoms with van der Waals surface area (Å²) in [5, 5.41) is 3.69. The van der Waals surface area contributed by atoms with Gasteiger partial charge in [0.25, 0.3) is 15.9 Å². The first-order chi connectivity index (χ1) is 15.7. The van der Waals surface area contributed by atoms with E-state index in [2.05, 4.69) is 11.9 Å². The first-order valence-corrected chi connectivity index (χ1v) is 12.2. The fourth-order valence-corrected chi connectivity index (χ4v) is 5.91. The Hall–Kier alpha value is -3.06. The van der Waals surface area contributed by atoms with Crippen LogP contribution in [-0.4, -0.2) is 20.9 Å². The van der Waals surface area contributed by atoms with Gasteiger partial charge in [0.15, 0.2) is 4.91 Å². The molecule has 1 aliphatic heterocycles. The highest BCUT2D eigenvalue weighted by atomic mass is 35.5. The third kappa shape index (κ3) is 4.29. The molecule has 8 heteroatoms. The zero-order valence-corrected chi connectivity index (χ0v) is 20.0. The van der Waals surface area contributed by atoms with E-state index in [9.17, 15) is 13.2 Å². The molecule has 0 bridgehead atoms. The molecule has 1 amide bonds. The number of halogens is 2. The van der Waals surface area contributed by atoms with E-state index < -0.39 is 15.9 Å². The SMILES string of the molecule is C=CCN1c2ccc(Cl)cc2C(c2ccccc2)=C(C(=O)Nc2ccc(Cl)cc2C)S1(=O)=O. The van der Waals surface area contributed by atoms with Crippen molar-refractivity contribution in [1.82, 2.24) is 0 Å². The molecule has 33 heavy (non-hydrogen) atoms. The van der Waals surface area contributed by atoms with Crippen LogP contribution in [0.1, 0.15) is 16.7 Å². The fraction of sp³-hybridized carbons (Fsp3) is 0.0800. The van der Waals surface area contributed by atoms with Crippen molar-refractivity contribution in [2.75, 3.05) is 16.2 Å². The number of amides is 1. The number of nitrogens with zero attached hydrogens (tertiary/aromatic N) is 1. The number of carbonyl (C=O) groups is 1. The van der Waals surface area contributed by atoms with Crippen LogP contribution in [0.5, 0.6) is 0 Å². The number of benzene rings is 3. The summed E-state index contributed by atoms with van der Waals surface area (Å²) in [4.78, 5) is 13.2. The third-order valence-corrected chi connectivity index (χ3v) is 7.57. The van der Waals surface area contributed by atoms with Crippen LogP contribution in [0.3, 0.4) is 0 Å². The quantitative estimate of drug-likeness (QED) is 0.436. The lowest BCUT2D eigenvalue weighted by Gasteiger charge is -2.33. The summed E-state index contributed by atoms with van der Waals surface area (Å²) in [5.41, 5.74) is 3.02. The predicted octanol–water partition coefficient (Wildman–Crippen LogP) is 6.04. The predicted molar refractivity (Wildman–Crippen MR) is 135 cm³/mol. The molecule has 3 aromatic rings. The third-order valence-electron chi connectivity index (χ3n) is 5.27. The molecule has 0 radical (unpaired) electrons. The average molecular weight is 499 g/mol. The molecule has 1 aliphatic rings. The van der Waals surface area contributed by atoms with Crippen molar-refractivity contribution >= 4 is 56.1 Å². The summed E-state index contributed by atoms with van der Waals surface area (Å²) >= 11 is 12.3. The largest absolute Gasteiger partial charge is 0.321 e. The highest BCUT2D eigenvalue weighted by molar-refractivity contribution is 7.97. The van der Waals surface area contributed by atoms with Gasteiger partial charge in [-0.05, 0) is 54.4 Å². The second-order valence-corrected chi connectivity index (χ2v) is 10.1. The summed E-state index contributed by atoms with van der Waals surface area (Å²) in [6.45, 7) is 5.46. The Morgan fingerprint density at radius 2 is 1.70 bits per heavy atom. The minimum absolute atomic E-state index is 0.00418. The molecule has 0 unspecified atom stereocenters. The Balaban J connectivity index is 2.01. The van der Waals surface area contributed by atoms with Crippen molar-refractivity contribution in [3.63, 3.8) is 0 Å². The molecule has 0 aliphatic carbocycles. The lowest BCUT2D eigenvalue weighted by molar-refractivity contribution is -0.112. The number of rotatable bonds is 5. The summed E-state index contributed by atoms with van der Waals surface area (Å²) < 4.78 is 28.8. The smallest absolute Gasteiger partial charge is 0.270 e. The highest BCUT2D eigenvalue weighted by Crippen LogP contribution is 2.44. The molecule has 1 N–H and O–H groups in total. The van der Waals surface area contributed by atoms with Crippen LogP contribution >= 0.6 is 23.2 Å². The van der Waals surface area contributed by atoms with Crippen LogP contribution in [0.2, 0.25) is 10.0 Å². The normalized spacial score (nSPS) is 14.6. The topological polar surface area (TPSA) is 66.5 Å². The molecule has 0 aromatic heterocycles. The van der Waals surface area contributed by atoms with Gasteiger partial charge in [0.2, 0.25) is 0 Å². The Labute approximate surface area is 203 Å². The summed E-state index contributed by atoms with van der Waals surface area (Å²) in [6, 6.07) is 18.8. The summed E-state index contributed by atoms with van der Waals surface area (Å²) in [5.74, 6) is -0.751. The van der Waals surface area contributed by atoms with Crippen LogP contribution < -0.4 is 9.62 Å². The van der Waals surface area contributed by atoms with Crippen LogP contribution in [-0.2, 0) is 14.8 Å². The molecule has 4 rings (SSSR count). The monoisotopic (exact) mass is 498 g/mol. The minimum atomic E-state index is -4.23. The molecule has 5 nitrogen and oxygen atoms in total. The number of aryl methyl sites for hydroxylation is 1. The Kier molecular flexibility index (Phi) is 6.34. The molecule has 1 heterocycles. The lowest BCUT2D eigenvalue weighted by Crippen LogP contribution is -2.40. The maximum Gasteiger partial charge on any atom is 0.270 e. The maximum atomic E-state index is 13.8. The zero-order valence-electron chi connectivity index (χ0n) is 17.7. The van der Waals surface area contributed by atoms with Gasteiger partial charge in [0, 0.05) is 26.9 Å². The number of nitrogens with one attached hydrogen (secondary N) is 1. The average Bonchev–Trinajstić information content (AvgIpc) is 2.77. The number of hydrogen-bond donors (Lipinski definition) is 1. The number of fused-ring (bicyclic) bond motifs is 1. The summed E-state index contributed by atoms with van der Waals surface area (Å²) in [6.07, 6.45) is 1.47. The van der Waals surface area contributed by atoms with Gasteiger partial charge in [-0.3, -0.25) is 9.10 Å².